The average molecular weight is 333 g/mol. The summed E-state index contributed by atoms with van der Waals surface area (Å²) < 4.78 is 0. The molecular weight excluding hydrogens is 302 g/mol. The summed E-state index contributed by atoms with van der Waals surface area (Å²) in [4.78, 5) is 16.6. The van der Waals surface area contributed by atoms with E-state index in [1.807, 2.05) is 26.0 Å². The predicted molar refractivity (Wildman–Crippen MR) is 99.5 cm³/mol. The van der Waals surface area contributed by atoms with Crippen molar-refractivity contribution in [2.24, 2.45) is 5.92 Å². The number of carbonyl (C=O) groups is 1. The number of amides is 1. The molecule has 0 aromatic heterocycles. The van der Waals surface area contributed by atoms with Gasteiger partial charge in [-0.15, -0.1) is 0 Å². The van der Waals surface area contributed by atoms with Gasteiger partial charge in [-0.1, -0.05) is 13.8 Å². The molecule has 1 aliphatic rings. The molecule has 1 aromatic carbocycles. The second-order valence-electron chi connectivity index (χ2n) is 7.29. The van der Waals surface area contributed by atoms with Crippen molar-refractivity contribution in [1.29, 1.82) is 0 Å². The molecule has 1 aliphatic heterocycles. The standard InChI is InChI=1S/C19H31N3O2/c1-14(2)18(23)13-19(24)20-15-5-7-17(8-6-15)22-11-9-16(10-12-22)21(3)4/h5-8,14,16,18,23H,9-13H2,1-4H3,(H,20,24). The van der Waals surface area contributed by atoms with Crippen LogP contribution in [-0.4, -0.2) is 55.2 Å². The van der Waals surface area contributed by atoms with Crippen LogP contribution in [-0.2, 0) is 4.79 Å². The number of nitrogens with zero attached hydrogens (tertiary/aromatic N) is 2. The van der Waals surface area contributed by atoms with Crippen LogP contribution >= 0.6 is 0 Å². The molecule has 1 aromatic rings. The summed E-state index contributed by atoms with van der Waals surface area (Å²) in [6.07, 6.45) is 1.90. The van der Waals surface area contributed by atoms with Gasteiger partial charge >= 0.3 is 0 Å². The molecule has 1 unspecified atom stereocenters. The number of nitrogens with one attached hydrogen (secondary N) is 1. The second-order valence-corrected chi connectivity index (χ2v) is 7.29. The molecule has 24 heavy (non-hydrogen) atoms. The van der Waals surface area contributed by atoms with Crippen LogP contribution in [0.5, 0.6) is 0 Å². The van der Waals surface area contributed by atoms with Crippen LogP contribution in [0, 0.1) is 5.92 Å². The van der Waals surface area contributed by atoms with E-state index in [2.05, 4.69) is 41.3 Å². The van der Waals surface area contributed by atoms with Gasteiger partial charge in [-0.05, 0) is 57.1 Å². The molecule has 2 rings (SSSR count). The van der Waals surface area contributed by atoms with Crippen molar-refractivity contribution < 1.29 is 9.90 Å². The summed E-state index contributed by atoms with van der Waals surface area (Å²) in [5.41, 5.74) is 1.98. The van der Waals surface area contributed by atoms with Crippen LogP contribution < -0.4 is 10.2 Å². The Bertz CT molecular complexity index is 520. The lowest BCUT2D eigenvalue weighted by atomic mass is 10.0. The summed E-state index contributed by atoms with van der Waals surface area (Å²) in [6, 6.07) is 8.67. The summed E-state index contributed by atoms with van der Waals surface area (Å²) >= 11 is 0. The Morgan fingerprint density at radius 1 is 1.25 bits per heavy atom. The van der Waals surface area contributed by atoms with E-state index in [9.17, 15) is 9.90 Å². The molecule has 2 N–H and O–H groups in total. The number of hydrogen-bond donors (Lipinski definition) is 2. The van der Waals surface area contributed by atoms with E-state index in [0.717, 1.165) is 18.8 Å². The molecule has 134 valence electrons. The highest BCUT2D eigenvalue weighted by molar-refractivity contribution is 5.91. The molecule has 1 atom stereocenters. The summed E-state index contributed by atoms with van der Waals surface area (Å²) in [5.74, 6) is -0.0565. The lowest BCUT2D eigenvalue weighted by molar-refractivity contribution is -0.118. The predicted octanol–water partition coefficient (Wildman–Crippen LogP) is 2.56. The molecule has 0 spiro atoms. The van der Waals surface area contributed by atoms with Gasteiger partial charge < -0.3 is 20.2 Å². The van der Waals surface area contributed by atoms with E-state index < -0.39 is 6.10 Å². The molecule has 1 fully saturated rings. The van der Waals surface area contributed by atoms with Crippen molar-refractivity contribution in [3.8, 4) is 0 Å². The maximum absolute atomic E-state index is 11.9. The highest BCUT2D eigenvalue weighted by atomic mass is 16.3. The fourth-order valence-corrected chi connectivity index (χ4v) is 3.03. The first-order valence-corrected chi connectivity index (χ1v) is 8.86. The lowest BCUT2D eigenvalue weighted by Gasteiger charge is -2.36. The average Bonchev–Trinajstić information content (AvgIpc) is 2.55. The first kappa shape index (κ1) is 18.7. The SMILES string of the molecule is CC(C)C(O)CC(=O)Nc1ccc(N2CCC(N(C)C)CC2)cc1. The molecule has 0 bridgehead atoms. The number of benzene rings is 1. The maximum Gasteiger partial charge on any atom is 0.226 e. The van der Waals surface area contributed by atoms with Crippen LogP contribution in [0.3, 0.4) is 0 Å². The molecule has 5 heteroatoms. The molecule has 0 aliphatic carbocycles. The van der Waals surface area contributed by atoms with Crippen LogP contribution in [0.25, 0.3) is 0 Å². The fraction of sp³-hybridized carbons (Fsp3) is 0.632. The van der Waals surface area contributed by atoms with Gasteiger partial charge in [0.15, 0.2) is 0 Å². The van der Waals surface area contributed by atoms with Crippen molar-refractivity contribution in [1.82, 2.24) is 4.90 Å². The largest absolute Gasteiger partial charge is 0.392 e. The maximum atomic E-state index is 11.9. The van der Waals surface area contributed by atoms with E-state index in [0.29, 0.717) is 6.04 Å². The lowest BCUT2D eigenvalue weighted by Crippen LogP contribution is -2.41. The third-order valence-electron chi connectivity index (χ3n) is 4.88. The number of piperidine rings is 1. The third-order valence-corrected chi connectivity index (χ3v) is 4.88. The Balaban J connectivity index is 1.86. The minimum atomic E-state index is -0.595. The fourth-order valence-electron chi connectivity index (χ4n) is 3.03. The monoisotopic (exact) mass is 333 g/mol. The number of rotatable bonds is 6. The Hall–Kier alpha value is -1.59. The normalized spacial score (nSPS) is 17.4. The number of aliphatic hydroxyl groups excluding tert-OH is 1. The zero-order valence-electron chi connectivity index (χ0n) is 15.3. The number of hydrogen-bond acceptors (Lipinski definition) is 4. The molecule has 1 amide bonds. The highest BCUT2D eigenvalue weighted by Crippen LogP contribution is 2.23. The Morgan fingerprint density at radius 3 is 2.33 bits per heavy atom. The minimum absolute atomic E-state index is 0.0863. The quantitative estimate of drug-likeness (QED) is 0.840. The van der Waals surface area contributed by atoms with Gasteiger partial charge in [-0.3, -0.25) is 4.79 Å². The second kappa shape index (κ2) is 8.49. The van der Waals surface area contributed by atoms with E-state index in [1.165, 1.54) is 18.5 Å². The smallest absolute Gasteiger partial charge is 0.226 e. The summed E-state index contributed by atoms with van der Waals surface area (Å²) in [7, 11) is 4.29. The molecule has 1 heterocycles. The van der Waals surface area contributed by atoms with E-state index >= 15 is 0 Å². The third kappa shape index (κ3) is 5.21. The van der Waals surface area contributed by atoms with Gasteiger partial charge in [0, 0.05) is 30.5 Å². The van der Waals surface area contributed by atoms with Crippen LogP contribution in [0.2, 0.25) is 0 Å². The Kier molecular flexibility index (Phi) is 6.63. The Morgan fingerprint density at radius 2 is 1.83 bits per heavy atom. The van der Waals surface area contributed by atoms with Gasteiger partial charge in [0.05, 0.1) is 12.5 Å². The van der Waals surface area contributed by atoms with Gasteiger partial charge in [0.1, 0.15) is 0 Å². The molecule has 1 saturated heterocycles. The van der Waals surface area contributed by atoms with Gasteiger partial charge in [0.2, 0.25) is 5.91 Å². The van der Waals surface area contributed by atoms with E-state index in [1.54, 1.807) is 0 Å². The first-order valence-electron chi connectivity index (χ1n) is 8.86. The van der Waals surface area contributed by atoms with Crippen molar-refractivity contribution in [3.05, 3.63) is 24.3 Å². The molecule has 5 nitrogen and oxygen atoms in total. The van der Waals surface area contributed by atoms with Crippen molar-refractivity contribution >= 4 is 17.3 Å². The van der Waals surface area contributed by atoms with Crippen molar-refractivity contribution in [2.75, 3.05) is 37.4 Å². The van der Waals surface area contributed by atoms with Gasteiger partial charge in [-0.25, -0.2) is 0 Å². The van der Waals surface area contributed by atoms with Gasteiger partial charge in [0.25, 0.3) is 0 Å². The number of aliphatic hydroxyl groups is 1. The topological polar surface area (TPSA) is 55.8 Å². The molecule has 0 saturated carbocycles. The van der Waals surface area contributed by atoms with Crippen molar-refractivity contribution in [3.63, 3.8) is 0 Å². The molecule has 0 radical (unpaired) electrons. The Labute approximate surface area is 145 Å². The number of carbonyl (C=O) groups excluding carboxylic acids is 1. The van der Waals surface area contributed by atoms with E-state index in [-0.39, 0.29) is 18.2 Å². The van der Waals surface area contributed by atoms with E-state index in [4.69, 9.17) is 0 Å². The summed E-state index contributed by atoms with van der Waals surface area (Å²) in [6.45, 7) is 5.95. The zero-order chi connectivity index (χ0) is 17.7. The molecular formula is C19H31N3O2. The van der Waals surface area contributed by atoms with Crippen molar-refractivity contribution in [2.45, 2.75) is 45.3 Å². The first-order chi connectivity index (χ1) is 11.4. The highest BCUT2D eigenvalue weighted by Gasteiger charge is 2.20. The summed E-state index contributed by atoms with van der Waals surface area (Å²) in [5, 5.41) is 12.6. The van der Waals surface area contributed by atoms with Gasteiger partial charge in [-0.2, -0.15) is 0 Å². The minimum Gasteiger partial charge on any atom is -0.392 e. The number of anilines is 2. The van der Waals surface area contributed by atoms with Crippen LogP contribution in [0.4, 0.5) is 11.4 Å². The zero-order valence-corrected chi connectivity index (χ0v) is 15.3. The van der Waals surface area contributed by atoms with Crippen LogP contribution in [0.1, 0.15) is 33.1 Å². The van der Waals surface area contributed by atoms with Crippen LogP contribution in [0.15, 0.2) is 24.3 Å².